The van der Waals surface area contributed by atoms with Crippen LogP contribution >= 0.6 is 0 Å². The number of carbonyl (C=O) groups excluding carboxylic acids is 1. The summed E-state index contributed by atoms with van der Waals surface area (Å²) in [7, 11) is 2.22. The van der Waals surface area contributed by atoms with Crippen molar-refractivity contribution in [3.63, 3.8) is 0 Å². The number of quaternary nitrogens is 1. The fraction of sp³-hybridized carbons (Fsp3) is 0.581. The molecule has 0 radical (unpaired) electrons. The highest BCUT2D eigenvalue weighted by Crippen LogP contribution is 2.41. The second-order valence-electron chi connectivity index (χ2n) is 10.3. The van der Waals surface area contributed by atoms with Gasteiger partial charge in [0.25, 0.3) is 0 Å². The molecule has 1 saturated heterocycles. The molecule has 2 aliphatic heterocycles. The highest BCUT2D eigenvalue weighted by Gasteiger charge is 2.34. The average molecular weight is 541 g/mol. The van der Waals surface area contributed by atoms with E-state index in [-0.39, 0.29) is 11.9 Å². The second-order valence-corrected chi connectivity index (χ2v) is 10.3. The number of hydrogen-bond acceptors (Lipinski definition) is 6. The highest BCUT2D eigenvalue weighted by atomic mass is 16.5. The number of fused-ring (bicyclic) bond motifs is 1. The molecule has 0 bridgehead atoms. The van der Waals surface area contributed by atoms with Gasteiger partial charge in [-0.2, -0.15) is 0 Å². The number of likely N-dealkylation sites (N-methyl/N-ethyl adjacent to an activating group) is 1. The SMILES string of the molecule is CCOc1ccc(CC2c3cc(OCC)c(OCC)cc3CCN2C(=O)CN2CC[NH+](C)CC2)cc1OCC. The number of ether oxygens (including phenoxy) is 4. The third-order valence-corrected chi connectivity index (χ3v) is 7.59. The van der Waals surface area contributed by atoms with Crippen molar-refractivity contribution in [2.45, 2.75) is 46.6 Å². The Balaban J connectivity index is 1.68. The number of piperazine rings is 1. The smallest absolute Gasteiger partial charge is 0.237 e. The van der Waals surface area contributed by atoms with Crippen LogP contribution in [0.5, 0.6) is 23.0 Å². The monoisotopic (exact) mass is 540 g/mol. The summed E-state index contributed by atoms with van der Waals surface area (Å²) in [5.74, 6) is 3.19. The van der Waals surface area contributed by atoms with Gasteiger partial charge >= 0.3 is 0 Å². The van der Waals surface area contributed by atoms with Gasteiger partial charge in [-0.3, -0.25) is 9.69 Å². The minimum absolute atomic E-state index is 0.110. The number of benzene rings is 2. The zero-order valence-corrected chi connectivity index (χ0v) is 24.4. The van der Waals surface area contributed by atoms with Gasteiger partial charge in [-0.25, -0.2) is 0 Å². The number of nitrogens with one attached hydrogen (secondary N) is 1. The summed E-state index contributed by atoms with van der Waals surface area (Å²) >= 11 is 0. The second kappa shape index (κ2) is 13.9. The van der Waals surface area contributed by atoms with E-state index < -0.39 is 0 Å². The van der Waals surface area contributed by atoms with Crippen molar-refractivity contribution in [1.82, 2.24) is 9.80 Å². The Hall–Kier alpha value is -2.97. The van der Waals surface area contributed by atoms with Gasteiger partial charge in [0.1, 0.15) is 0 Å². The van der Waals surface area contributed by atoms with Crippen molar-refractivity contribution in [2.24, 2.45) is 0 Å². The van der Waals surface area contributed by atoms with Gasteiger partial charge in [0.15, 0.2) is 23.0 Å². The van der Waals surface area contributed by atoms with E-state index in [9.17, 15) is 4.79 Å². The van der Waals surface area contributed by atoms with Crippen molar-refractivity contribution in [3.05, 3.63) is 47.0 Å². The molecule has 0 aliphatic carbocycles. The van der Waals surface area contributed by atoms with E-state index in [1.165, 1.54) is 10.5 Å². The Kier molecular flexibility index (Phi) is 10.3. The first-order chi connectivity index (χ1) is 19.0. The van der Waals surface area contributed by atoms with E-state index in [0.717, 1.165) is 66.7 Å². The first kappa shape index (κ1) is 29.0. The van der Waals surface area contributed by atoms with Crippen LogP contribution in [0.25, 0.3) is 0 Å². The van der Waals surface area contributed by atoms with E-state index in [1.54, 1.807) is 0 Å². The molecule has 39 heavy (non-hydrogen) atoms. The fourth-order valence-electron chi connectivity index (χ4n) is 5.59. The van der Waals surface area contributed by atoms with Crippen molar-refractivity contribution < 1.29 is 28.6 Å². The lowest BCUT2D eigenvalue weighted by Crippen LogP contribution is -3.12. The third-order valence-electron chi connectivity index (χ3n) is 7.59. The predicted molar refractivity (Wildman–Crippen MR) is 152 cm³/mol. The predicted octanol–water partition coefficient (Wildman–Crippen LogP) is 2.78. The number of amides is 1. The molecule has 214 valence electrons. The van der Waals surface area contributed by atoms with Crippen LogP contribution < -0.4 is 23.8 Å². The molecule has 2 aromatic rings. The van der Waals surface area contributed by atoms with Gasteiger partial charge in [-0.1, -0.05) is 6.07 Å². The summed E-state index contributed by atoms with van der Waals surface area (Å²) in [6, 6.07) is 10.2. The van der Waals surface area contributed by atoms with Crippen LogP contribution in [-0.2, 0) is 17.6 Å². The van der Waals surface area contributed by atoms with E-state index in [1.807, 2.05) is 33.8 Å². The summed E-state index contributed by atoms with van der Waals surface area (Å²) in [4.78, 5) is 19.7. The summed E-state index contributed by atoms with van der Waals surface area (Å²) in [6.45, 7) is 15.4. The summed E-state index contributed by atoms with van der Waals surface area (Å²) < 4.78 is 23.6. The number of rotatable bonds is 12. The Morgan fingerprint density at radius 3 is 2.05 bits per heavy atom. The number of hydrogen-bond donors (Lipinski definition) is 1. The summed E-state index contributed by atoms with van der Waals surface area (Å²) in [5, 5.41) is 0. The Labute approximate surface area is 233 Å². The maximum atomic E-state index is 13.8. The number of carbonyl (C=O) groups is 1. The first-order valence-electron chi connectivity index (χ1n) is 14.6. The van der Waals surface area contributed by atoms with Gasteiger partial charge in [0.2, 0.25) is 5.91 Å². The Morgan fingerprint density at radius 2 is 1.41 bits per heavy atom. The molecule has 1 N–H and O–H groups in total. The molecule has 0 saturated carbocycles. The molecule has 8 nitrogen and oxygen atoms in total. The molecule has 0 aromatic heterocycles. The van der Waals surface area contributed by atoms with Crippen molar-refractivity contribution in [1.29, 1.82) is 0 Å². The third kappa shape index (κ3) is 7.17. The largest absolute Gasteiger partial charge is 0.490 e. The van der Waals surface area contributed by atoms with E-state index in [2.05, 4.69) is 41.1 Å². The summed E-state index contributed by atoms with van der Waals surface area (Å²) in [5.41, 5.74) is 3.46. The first-order valence-corrected chi connectivity index (χ1v) is 14.6. The molecule has 4 rings (SSSR count). The normalized spacial score (nSPS) is 18.0. The van der Waals surface area contributed by atoms with Gasteiger partial charge < -0.3 is 28.7 Å². The number of nitrogens with zero attached hydrogens (tertiary/aromatic N) is 2. The van der Waals surface area contributed by atoms with Crippen molar-refractivity contribution in [3.8, 4) is 23.0 Å². The minimum atomic E-state index is -0.110. The molecule has 2 aliphatic rings. The molecule has 8 heteroatoms. The average Bonchev–Trinajstić information content (AvgIpc) is 2.92. The maximum absolute atomic E-state index is 13.8. The Bertz CT molecular complexity index is 1100. The molecular formula is C31H46N3O5+. The van der Waals surface area contributed by atoms with Crippen LogP contribution in [-0.4, -0.2) is 88.5 Å². The summed E-state index contributed by atoms with van der Waals surface area (Å²) in [6.07, 6.45) is 1.47. The van der Waals surface area contributed by atoms with Crippen LogP contribution in [0, 0.1) is 0 Å². The van der Waals surface area contributed by atoms with Crippen molar-refractivity contribution in [2.75, 3.05) is 72.7 Å². The zero-order valence-electron chi connectivity index (χ0n) is 24.4. The van der Waals surface area contributed by atoms with Crippen LogP contribution in [0.3, 0.4) is 0 Å². The van der Waals surface area contributed by atoms with Crippen LogP contribution in [0.1, 0.15) is 50.4 Å². The zero-order chi connectivity index (χ0) is 27.8. The highest BCUT2D eigenvalue weighted by molar-refractivity contribution is 5.79. The van der Waals surface area contributed by atoms with E-state index >= 15 is 0 Å². The molecule has 1 fully saturated rings. The van der Waals surface area contributed by atoms with Crippen LogP contribution in [0.4, 0.5) is 0 Å². The molecule has 1 atom stereocenters. The lowest BCUT2D eigenvalue weighted by Gasteiger charge is -2.39. The van der Waals surface area contributed by atoms with E-state index in [0.29, 0.717) is 45.9 Å². The molecule has 0 spiro atoms. The van der Waals surface area contributed by atoms with Gasteiger partial charge in [-0.15, -0.1) is 0 Å². The Morgan fingerprint density at radius 1 is 0.821 bits per heavy atom. The van der Waals surface area contributed by atoms with Gasteiger partial charge in [0.05, 0.1) is 59.2 Å². The maximum Gasteiger partial charge on any atom is 0.237 e. The molecular weight excluding hydrogens is 494 g/mol. The van der Waals surface area contributed by atoms with Crippen LogP contribution in [0.2, 0.25) is 0 Å². The van der Waals surface area contributed by atoms with E-state index in [4.69, 9.17) is 18.9 Å². The minimum Gasteiger partial charge on any atom is -0.490 e. The standard InChI is InChI=1S/C31H45N3O5/c1-6-36-27-11-10-23(19-28(27)37-7-2)18-26-25-21-30(39-9-4)29(38-8-3)20-24(25)12-13-34(26)31(35)22-33-16-14-32(5)15-17-33/h10-11,19-21,26H,6-9,12-18,22H2,1-5H3/p+1. The lowest BCUT2D eigenvalue weighted by atomic mass is 9.88. The quantitative estimate of drug-likeness (QED) is 0.447. The fourth-order valence-corrected chi connectivity index (χ4v) is 5.59. The van der Waals surface area contributed by atoms with Crippen molar-refractivity contribution >= 4 is 5.91 Å². The molecule has 1 unspecified atom stereocenters. The molecule has 2 aromatic carbocycles. The van der Waals surface area contributed by atoms with Crippen LogP contribution in [0.15, 0.2) is 30.3 Å². The topological polar surface area (TPSA) is 64.9 Å². The molecule has 1 amide bonds. The van der Waals surface area contributed by atoms with Gasteiger partial charge in [-0.05, 0) is 81.5 Å². The lowest BCUT2D eigenvalue weighted by molar-refractivity contribution is -0.884. The molecule has 2 heterocycles. The van der Waals surface area contributed by atoms with Gasteiger partial charge in [0, 0.05) is 19.6 Å².